The second-order valence-electron chi connectivity index (χ2n) is 5.01. The van der Waals surface area contributed by atoms with Gasteiger partial charge in [-0.15, -0.1) is 11.3 Å². The van der Waals surface area contributed by atoms with E-state index in [1.54, 1.807) is 0 Å². The number of nitrogens with zero attached hydrogens (tertiary/aromatic N) is 2. The molecule has 3 rings (SSSR count). The molecule has 1 aliphatic rings. The summed E-state index contributed by atoms with van der Waals surface area (Å²) in [6.45, 7) is 0. The molecular formula is C16H15N3OS. The monoisotopic (exact) mass is 297 g/mol. The zero-order valence-electron chi connectivity index (χ0n) is 11.5. The molecule has 0 unspecified atom stereocenters. The van der Waals surface area contributed by atoms with Crippen LogP contribution in [0.25, 0.3) is 0 Å². The van der Waals surface area contributed by atoms with Crippen molar-refractivity contribution in [2.75, 3.05) is 4.90 Å². The molecule has 2 N–H and O–H groups in total. The summed E-state index contributed by atoms with van der Waals surface area (Å²) in [7, 11) is 0. The van der Waals surface area contributed by atoms with Gasteiger partial charge in [0, 0.05) is 4.88 Å². The molecule has 2 aromatic rings. The number of rotatable bonds is 2. The number of nitrogens with two attached hydrogens (primary N) is 1. The Labute approximate surface area is 127 Å². The summed E-state index contributed by atoms with van der Waals surface area (Å²) in [6, 6.07) is 10.9. The molecule has 1 aromatic heterocycles. The van der Waals surface area contributed by atoms with E-state index >= 15 is 0 Å². The van der Waals surface area contributed by atoms with E-state index < -0.39 is 6.03 Å². The number of urea groups is 1. The molecule has 1 aromatic carbocycles. The van der Waals surface area contributed by atoms with E-state index in [9.17, 15) is 10.1 Å². The number of primary amides is 1. The van der Waals surface area contributed by atoms with Crippen LogP contribution in [0, 0.1) is 11.3 Å². The van der Waals surface area contributed by atoms with Gasteiger partial charge in [-0.25, -0.2) is 4.79 Å². The molecule has 0 radical (unpaired) electrons. The fourth-order valence-electron chi connectivity index (χ4n) is 2.75. The van der Waals surface area contributed by atoms with Crippen molar-refractivity contribution in [3.63, 3.8) is 0 Å². The number of para-hydroxylation sites is 1. The molecule has 4 nitrogen and oxygen atoms in total. The van der Waals surface area contributed by atoms with Crippen LogP contribution in [0.2, 0.25) is 0 Å². The Morgan fingerprint density at radius 3 is 2.62 bits per heavy atom. The second-order valence-corrected chi connectivity index (χ2v) is 6.10. The van der Waals surface area contributed by atoms with Gasteiger partial charge in [-0.2, -0.15) is 5.26 Å². The Morgan fingerprint density at radius 2 is 1.95 bits per heavy atom. The first-order valence-corrected chi connectivity index (χ1v) is 7.73. The number of hydrogen-bond donors (Lipinski definition) is 1. The molecule has 2 amide bonds. The van der Waals surface area contributed by atoms with Crippen molar-refractivity contribution in [1.82, 2.24) is 0 Å². The lowest BCUT2D eigenvalue weighted by molar-refractivity contribution is 0.256. The molecule has 1 aliphatic carbocycles. The summed E-state index contributed by atoms with van der Waals surface area (Å²) in [4.78, 5) is 14.6. The van der Waals surface area contributed by atoms with Crippen molar-refractivity contribution in [3.05, 3.63) is 46.3 Å². The Bertz CT molecular complexity index is 715. The van der Waals surface area contributed by atoms with Gasteiger partial charge in [-0.05, 0) is 43.4 Å². The average Bonchev–Trinajstić information content (AvgIpc) is 2.86. The van der Waals surface area contributed by atoms with Gasteiger partial charge >= 0.3 is 6.03 Å². The third-order valence-corrected chi connectivity index (χ3v) is 4.98. The highest BCUT2D eigenvalue weighted by Crippen LogP contribution is 2.42. The Morgan fingerprint density at radius 1 is 1.24 bits per heavy atom. The topological polar surface area (TPSA) is 70.1 Å². The third kappa shape index (κ3) is 2.39. The number of carbonyl (C=O) groups is 1. The number of amides is 2. The van der Waals surface area contributed by atoms with Gasteiger partial charge in [0.2, 0.25) is 0 Å². The van der Waals surface area contributed by atoms with Crippen molar-refractivity contribution in [1.29, 1.82) is 5.26 Å². The summed E-state index contributed by atoms with van der Waals surface area (Å²) in [5.74, 6) is 0. The number of anilines is 2. The first-order valence-electron chi connectivity index (χ1n) is 6.91. The standard InChI is InChI=1S/C16H15N3OS/c17-10-13-12-8-4-5-9-14(12)21-15(13)19(16(18)20)11-6-2-1-3-7-11/h1-3,6-7H,4-5,8-9H2,(H2,18,20). The number of aryl methyl sites for hydroxylation is 1. The third-order valence-electron chi connectivity index (χ3n) is 3.70. The Kier molecular flexibility index (Phi) is 3.63. The van der Waals surface area contributed by atoms with Crippen LogP contribution in [0.15, 0.2) is 30.3 Å². The number of fused-ring (bicyclic) bond motifs is 1. The summed E-state index contributed by atoms with van der Waals surface area (Å²) in [5, 5.41) is 10.2. The molecule has 0 spiro atoms. The lowest BCUT2D eigenvalue weighted by atomic mass is 9.96. The molecule has 0 aliphatic heterocycles. The van der Waals surface area contributed by atoms with Gasteiger partial charge in [-0.1, -0.05) is 18.2 Å². The van der Waals surface area contributed by atoms with Crippen LogP contribution in [-0.4, -0.2) is 6.03 Å². The van der Waals surface area contributed by atoms with Crippen molar-refractivity contribution in [2.45, 2.75) is 25.7 Å². The molecular weight excluding hydrogens is 282 g/mol. The molecule has 0 fully saturated rings. The van der Waals surface area contributed by atoms with Crippen molar-refractivity contribution < 1.29 is 4.79 Å². The lowest BCUT2D eigenvalue weighted by Crippen LogP contribution is -2.31. The van der Waals surface area contributed by atoms with E-state index in [0.29, 0.717) is 16.3 Å². The highest BCUT2D eigenvalue weighted by atomic mass is 32.1. The minimum atomic E-state index is -0.559. The average molecular weight is 297 g/mol. The SMILES string of the molecule is N#Cc1c(N(C(N)=O)c2ccccc2)sc2c1CCCC2. The molecule has 0 saturated heterocycles. The first-order chi connectivity index (χ1) is 10.2. The molecule has 1 heterocycles. The fourth-order valence-corrected chi connectivity index (χ4v) is 4.11. The maximum Gasteiger partial charge on any atom is 0.324 e. The van der Waals surface area contributed by atoms with Crippen molar-refractivity contribution >= 4 is 28.1 Å². The summed E-state index contributed by atoms with van der Waals surface area (Å²) < 4.78 is 0. The molecule has 106 valence electrons. The Hall–Kier alpha value is -2.32. The smallest absolute Gasteiger partial charge is 0.324 e. The summed E-state index contributed by atoms with van der Waals surface area (Å²) >= 11 is 1.52. The van der Waals surface area contributed by atoms with Crippen LogP contribution in [0.1, 0.15) is 28.8 Å². The number of nitriles is 1. The zero-order chi connectivity index (χ0) is 14.8. The van der Waals surface area contributed by atoms with Crippen molar-refractivity contribution in [2.24, 2.45) is 5.73 Å². The lowest BCUT2D eigenvalue weighted by Gasteiger charge is -2.19. The normalized spacial score (nSPS) is 13.3. The van der Waals surface area contributed by atoms with Crippen LogP contribution in [0.3, 0.4) is 0 Å². The van der Waals surface area contributed by atoms with E-state index in [-0.39, 0.29) is 0 Å². The highest BCUT2D eigenvalue weighted by molar-refractivity contribution is 7.16. The van der Waals surface area contributed by atoms with Crippen LogP contribution in [0.4, 0.5) is 15.5 Å². The quantitative estimate of drug-likeness (QED) is 0.917. The minimum Gasteiger partial charge on any atom is -0.351 e. The largest absolute Gasteiger partial charge is 0.351 e. The van der Waals surface area contributed by atoms with Gasteiger partial charge in [0.25, 0.3) is 0 Å². The number of benzene rings is 1. The van der Waals surface area contributed by atoms with E-state index in [0.717, 1.165) is 31.2 Å². The van der Waals surface area contributed by atoms with Gasteiger partial charge in [0.15, 0.2) is 0 Å². The number of hydrogen-bond acceptors (Lipinski definition) is 3. The van der Waals surface area contributed by atoms with Crippen LogP contribution in [0.5, 0.6) is 0 Å². The molecule has 0 bridgehead atoms. The predicted octanol–water partition coefficient (Wildman–Crippen LogP) is 3.72. The minimum absolute atomic E-state index is 0.559. The Balaban J connectivity index is 2.15. The van der Waals surface area contributed by atoms with Crippen LogP contribution in [-0.2, 0) is 12.8 Å². The van der Waals surface area contributed by atoms with Crippen LogP contribution < -0.4 is 10.6 Å². The number of carbonyl (C=O) groups excluding carboxylic acids is 1. The highest BCUT2D eigenvalue weighted by Gasteiger charge is 2.27. The van der Waals surface area contributed by atoms with E-state index in [2.05, 4.69) is 6.07 Å². The van der Waals surface area contributed by atoms with E-state index in [1.807, 2.05) is 30.3 Å². The zero-order valence-corrected chi connectivity index (χ0v) is 12.3. The second kappa shape index (κ2) is 5.58. The summed E-state index contributed by atoms with van der Waals surface area (Å²) in [5.41, 5.74) is 7.97. The van der Waals surface area contributed by atoms with Gasteiger partial charge < -0.3 is 5.73 Å². The molecule has 0 saturated carbocycles. The van der Waals surface area contributed by atoms with Gasteiger partial charge in [0.05, 0.1) is 11.3 Å². The van der Waals surface area contributed by atoms with E-state index in [4.69, 9.17) is 5.73 Å². The van der Waals surface area contributed by atoms with Gasteiger partial charge in [0.1, 0.15) is 11.1 Å². The molecule has 21 heavy (non-hydrogen) atoms. The van der Waals surface area contributed by atoms with Crippen molar-refractivity contribution in [3.8, 4) is 6.07 Å². The fraction of sp³-hybridized carbons (Fsp3) is 0.250. The molecule has 0 atom stereocenters. The number of thiophene rings is 1. The predicted molar refractivity (Wildman–Crippen MR) is 83.8 cm³/mol. The maximum absolute atomic E-state index is 11.9. The van der Waals surface area contributed by atoms with E-state index in [1.165, 1.54) is 21.1 Å². The summed E-state index contributed by atoms with van der Waals surface area (Å²) in [6.07, 6.45) is 4.13. The van der Waals surface area contributed by atoms with Gasteiger partial charge in [-0.3, -0.25) is 4.90 Å². The first kappa shape index (κ1) is 13.7. The van der Waals surface area contributed by atoms with Crippen LogP contribution >= 0.6 is 11.3 Å². The molecule has 5 heteroatoms. The maximum atomic E-state index is 11.9.